The number of hydrogen-bond acceptors (Lipinski definition) is 3. The largest absolute Gasteiger partial charge is 0.324 e. The molecular formula is C10H13O3P. The Labute approximate surface area is 83.5 Å². The lowest BCUT2D eigenvalue weighted by atomic mass is 10.2. The van der Waals surface area contributed by atoms with Crippen molar-refractivity contribution in [2.75, 3.05) is 13.3 Å². The van der Waals surface area contributed by atoms with Crippen LogP contribution in [0.2, 0.25) is 0 Å². The Hall–Kier alpha value is -0.920. The third kappa shape index (κ3) is 2.53. The van der Waals surface area contributed by atoms with Crippen molar-refractivity contribution in [2.24, 2.45) is 0 Å². The van der Waals surface area contributed by atoms with Crippen LogP contribution in [0.3, 0.4) is 0 Å². The molecule has 1 atom stereocenters. The molecule has 0 aliphatic rings. The van der Waals surface area contributed by atoms with E-state index in [2.05, 4.69) is 0 Å². The molecule has 0 amide bonds. The summed E-state index contributed by atoms with van der Waals surface area (Å²) < 4.78 is 16.7. The molecule has 14 heavy (non-hydrogen) atoms. The summed E-state index contributed by atoms with van der Waals surface area (Å²) in [7, 11) is -3.14. The fourth-order valence-electron chi connectivity index (χ4n) is 1.12. The SMILES string of the molecule is CCOP(C)(=O)C(=O)c1ccccc1. The maximum atomic E-state index is 11.7. The molecule has 0 fully saturated rings. The van der Waals surface area contributed by atoms with Crippen molar-refractivity contribution < 1.29 is 13.9 Å². The second-order valence-electron chi connectivity index (χ2n) is 2.93. The van der Waals surface area contributed by atoms with Crippen molar-refractivity contribution >= 4 is 12.9 Å². The Morgan fingerprint density at radius 2 is 1.93 bits per heavy atom. The van der Waals surface area contributed by atoms with Crippen molar-refractivity contribution in [1.29, 1.82) is 0 Å². The van der Waals surface area contributed by atoms with E-state index in [-0.39, 0.29) is 6.61 Å². The summed E-state index contributed by atoms with van der Waals surface area (Å²) in [5.41, 5.74) is 0.0201. The minimum Gasteiger partial charge on any atom is -0.324 e. The minimum atomic E-state index is -3.14. The molecule has 0 N–H and O–H groups in total. The van der Waals surface area contributed by atoms with Crippen LogP contribution in [0.4, 0.5) is 0 Å². The molecule has 0 aliphatic heterocycles. The first-order chi connectivity index (χ1) is 6.58. The molecule has 0 saturated heterocycles. The van der Waals surface area contributed by atoms with Gasteiger partial charge in [0, 0.05) is 12.2 Å². The maximum Gasteiger partial charge on any atom is 0.268 e. The Bertz CT molecular complexity index is 359. The number of carbonyl (C=O) groups is 1. The van der Waals surface area contributed by atoms with Crippen molar-refractivity contribution in [1.82, 2.24) is 0 Å². The third-order valence-corrected chi connectivity index (χ3v) is 3.51. The van der Waals surface area contributed by atoms with Gasteiger partial charge in [-0.05, 0) is 6.92 Å². The van der Waals surface area contributed by atoms with E-state index in [0.717, 1.165) is 0 Å². The molecule has 1 rings (SSSR count). The highest BCUT2D eigenvalue weighted by Gasteiger charge is 2.27. The summed E-state index contributed by atoms with van der Waals surface area (Å²) >= 11 is 0. The summed E-state index contributed by atoms with van der Waals surface area (Å²) in [5, 5.41) is 0. The molecule has 4 heteroatoms. The van der Waals surface area contributed by atoms with Gasteiger partial charge in [-0.3, -0.25) is 9.36 Å². The van der Waals surface area contributed by atoms with Gasteiger partial charge in [0.15, 0.2) is 0 Å². The van der Waals surface area contributed by atoms with Gasteiger partial charge >= 0.3 is 0 Å². The highest BCUT2D eigenvalue weighted by Crippen LogP contribution is 2.45. The van der Waals surface area contributed by atoms with E-state index in [1.807, 2.05) is 0 Å². The summed E-state index contributed by atoms with van der Waals surface area (Å²) in [6.07, 6.45) is 0. The molecule has 3 nitrogen and oxygen atoms in total. The zero-order chi connectivity index (χ0) is 10.6. The molecule has 0 radical (unpaired) electrons. The lowest BCUT2D eigenvalue weighted by molar-refractivity contribution is 0.105. The van der Waals surface area contributed by atoms with Crippen LogP contribution in [-0.2, 0) is 9.09 Å². The monoisotopic (exact) mass is 212 g/mol. The third-order valence-electron chi connectivity index (χ3n) is 1.77. The molecule has 1 unspecified atom stereocenters. The first kappa shape index (κ1) is 11.2. The lowest BCUT2D eigenvalue weighted by Crippen LogP contribution is -2.02. The van der Waals surface area contributed by atoms with Crippen LogP contribution in [0.25, 0.3) is 0 Å². The molecule has 0 heterocycles. The molecular weight excluding hydrogens is 199 g/mol. The number of rotatable bonds is 4. The normalized spacial score (nSPS) is 14.7. The quantitative estimate of drug-likeness (QED) is 0.720. The van der Waals surface area contributed by atoms with Crippen LogP contribution in [0, 0.1) is 0 Å². The Kier molecular flexibility index (Phi) is 3.62. The second-order valence-corrected chi connectivity index (χ2v) is 5.29. The summed E-state index contributed by atoms with van der Waals surface area (Å²) in [4.78, 5) is 11.7. The molecule has 1 aromatic rings. The molecule has 0 aliphatic carbocycles. The molecule has 0 spiro atoms. The van der Waals surface area contributed by atoms with Crippen molar-refractivity contribution in [3.63, 3.8) is 0 Å². The summed E-state index contributed by atoms with van der Waals surface area (Å²) in [6.45, 7) is 3.35. The Morgan fingerprint density at radius 1 is 1.36 bits per heavy atom. The predicted octanol–water partition coefficient (Wildman–Crippen LogP) is 2.77. The van der Waals surface area contributed by atoms with E-state index in [1.54, 1.807) is 37.3 Å². The van der Waals surface area contributed by atoms with Crippen LogP contribution >= 0.6 is 7.37 Å². The fraction of sp³-hybridized carbons (Fsp3) is 0.300. The van der Waals surface area contributed by atoms with Crippen LogP contribution in [0.15, 0.2) is 30.3 Å². The van der Waals surface area contributed by atoms with Gasteiger partial charge in [0.1, 0.15) is 0 Å². The van der Waals surface area contributed by atoms with E-state index in [4.69, 9.17) is 4.52 Å². The van der Waals surface area contributed by atoms with E-state index < -0.39 is 12.9 Å². The van der Waals surface area contributed by atoms with E-state index >= 15 is 0 Å². The van der Waals surface area contributed by atoms with Crippen LogP contribution in [0.1, 0.15) is 17.3 Å². The van der Waals surface area contributed by atoms with Gasteiger partial charge < -0.3 is 4.52 Å². The first-order valence-corrected chi connectivity index (χ1v) is 6.47. The van der Waals surface area contributed by atoms with Crippen LogP contribution < -0.4 is 0 Å². The average Bonchev–Trinajstić information content (AvgIpc) is 2.18. The average molecular weight is 212 g/mol. The van der Waals surface area contributed by atoms with Crippen molar-refractivity contribution in [3.8, 4) is 0 Å². The molecule has 1 aromatic carbocycles. The van der Waals surface area contributed by atoms with Gasteiger partial charge in [0.2, 0.25) is 5.52 Å². The van der Waals surface area contributed by atoms with E-state index in [1.165, 1.54) is 6.66 Å². The van der Waals surface area contributed by atoms with Crippen LogP contribution in [-0.4, -0.2) is 18.8 Å². The topological polar surface area (TPSA) is 43.4 Å². The zero-order valence-corrected chi connectivity index (χ0v) is 9.16. The minimum absolute atomic E-state index is 0.284. The summed E-state index contributed by atoms with van der Waals surface area (Å²) in [5.74, 6) is 0. The molecule has 0 saturated carbocycles. The van der Waals surface area contributed by atoms with Crippen LogP contribution in [0.5, 0.6) is 0 Å². The Morgan fingerprint density at radius 3 is 2.43 bits per heavy atom. The maximum absolute atomic E-state index is 11.7. The number of hydrogen-bond donors (Lipinski definition) is 0. The lowest BCUT2D eigenvalue weighted by Gasteiger charge is -2.10. The second kappa shape index (κ2) is 4.54. The van der Waals surface area contributed by atoms with Gasteiger partial charge in [-0.2, -0.15) is 0 Å². The van der Waals surface area contributed by atoms with Crippen molar-refractivity contribution in [3.05, 3.63) is 35.9 Å². The van der Waals surface area contributed by atoms with E-state index in [0.29, 0.717) is 5.56 Å². The molecule has 0 aromatic heterocycles. The number of carbonyl (C=O) groups excluding carboxylic acids is 1. The summed E-state index contributed by atoms with van der Waals surface area (Å²) in [6, 6.07) is 8.55. The van der Waals surface area contributed by atoms with Gasteiger partial charge in [0.25, 0.3) is 7.37 Å². The van der Waals surface area contributed by atoms with Gasteiger partial charge in [-0.25, -0.2) is 0 Å². The molecule has 0 bridgehead atoms. The van der Waals surface area contributed by atoms with Gasteiger partial charge in [0.05, 0.1) is 6.61 Å². The first-order valence-electron chi connectivity index (χ1n) is 4.40. The Balaban J connectivity index is 2.91. The number of benzene rings is 1. The fourth-order valence-corrected chi connectivity index (χ4v) is 2.35. The highest BCUT2D eigenvalue weighted by molar-refractivity contribution is 7.76. The van der Waals surface area contributed by atoms with E-state index in [9.17, 15) is 9.36 Å². The smallest absolute Gasteiger partial charge is 0.268 e. The predicted molar refractivity (Wildman–Crippen MR) is 55.9 cm³/mol. The van der Waals surface area contributed by atoms with Gasteiger partial charge in [-0.1, -0.05) is 30.3 Å². The van der Waals surface area contributed by atoms with Gasteiger partial charge in [-0.15, -0.1) is 0 Å². The zero-order valence-electron chi connectivity index (χ0n) is 8.27. The highest BCUT2D eigenvalue weighted by atomic mass is 31.2. The van der Waals surface area contributed by atoms with Crippen molar-refractivity contribution in [2.45, 2.75) is 6.92 Å². The molecule has 76 valence electrons. The standard InChI is InChI=1S/C10H13O3P/c1-3-13-14(2,12)10(11)9-7-5-4-6-8-9/h4-8H,3H2,1-2H3.